The molecule has 3 rings (SSSR count). The highest BCUT2D eigenvalue weighted by molar-refractivity contribution is 5.93. The van der Waals surface area contributed by atoms with Crippen LogP contribution in [0, 0.1) is 6.92 Å². The minimum atomic E-state index is -1.10. The number of rotatable bonds is 5. The molecule has 0 amide bonds. The summed E-state index contributed by atoms with van der Waals surface area (Å²) < 4.78 is 1.44. The third kappa shape index (κ3) is 3.19. The summed E-state index contributed by atoms with van der Waals surface area (Å²) >= 11 is 0. The molecule has 0 saturated carbocycles. The zero-order valence-corrected chi connectivity index (χ0v) is 14.4. The Bertz CT molecular complexity index is 1050. The maximum absolute atomic E-state index is 12.8. The molecular weight excluding hydrogens is 332 g/mol. The van der Waals surface area contributed by atoms with E-state index in [-0.39, 0.29) is 22.5 Å². The van der Waals surface area contributed by atoms with Gasteiger partial charge in [-0.2, -0.15) is 0 Å². The molecule has 132 valence electrons. The molecule has 3 aromatic rings. The maximum atomic E-state index is 12.8. The number of carbonyl (C=O) groups is 1. The number of aromatic amines is 1. The van der Waals surface area contributed by atoms with E-state index in [1.165, 1.54) is 10.7 Å². The Morgan fingerprint density at radius 1 is 1.12 bits per heavy atom. The molecule has 7 nitrogen and oxygen atoms in total. The van der Waals surface area contributed by atoms with Gasteiger partial charge in [0.15, 0.2) is 5.69 Å². The molecule has 0 fully saturated rings. The van der Waals surface area contributed by atoms with Gasteiger partial charge in [0.2, 0.25) is 0 Å². The van der Waals surface area contributed by atoms with Crippen molar-refractivity contribution >= 4 is 17.3 Å². The molecule has 0 aliphatic carbocycles. The number of H-pyrrole nitrogens is 1. The van der Waals surface area contributed by atoms with Gasteiger partial charge in [-0.1, -0.05) is 37.3 Å². The summed E-state index contributed by atoms with van der Waals surface area (Å²) in [5, 5.41) is 20.2. The number of para-hydroxylation sites is 1. The molecule has 0 spiro atoms. The average molecular weight is 350 g/mol. The standard InChI is InChI=1S/C19H18N4O3/c1-3-13-8-4-7-11-16(13)23-18(24)17(12(2)22-23)21-20-15-10-6-5-9-14(15)19(25)26/h4-11,22H,3H2,1-2H3,(H,25,26). The fourth-order valence-electron chi connectivity index (χ4n) is 2.70. The molecule has 0 aliphatic heterocycles. The molecule has 0 radical (unpaired) electrons. The number of nitrogens with one attached hydrogen (secondary N) is 1. The summed E-state index contributed by atoms with van der Waals surface area (Å²) in [7, 11) is 0. The normalized spacial score (nSPS) is 11.2. The zero-order valence-electron chi connectivity index (χ0n) is 14.4. The van der Waals surface area contributed by atoms with Crippen LogP contribution in [0.2, 0.25) is 0 Å². The van der Waals surface area contributed by atoms with Crippen LogP contribution in [0.5, 0.6) is 0 Å². The van der Waals surface area contributed by atoms with Crippen LogP contribution in [0.25, 0.3) is 5.69 Å². The zero-order chi connectivity index (χ0) is 18.7. The predicted molar refractivity (Wildman–Crippen MR) is 98.1 cm³/mol. The fourth-order valence-corrected chi connectivity index (χ4v) is 2.70. The Morgan fingerprint density at radius 2 is 1.81 bits per heavy atom. The van der Waals surface area contributed by atoms with Gasteiger partial charge in [0.05, 0.1) is 16.9 Å². The molecule has 0 aliphatic rings. The van der Waals surface area contributed by atoms with Crippen molar-refractivity contribution in [2.24, 2.45) is 10.2 Å². The van der Waals surface area contributed by atoms with E-state index >= 15 is 0 Å². The van der Waals surface area contributed by atoms with E-state index in [1.807, 2.05) is 31.2 Å². The summed E-state index contributed by atoms with van der Waals surface area (Å²) in [6, 6.07) is 13.9. The largest absolute Gasteiger partial charge is 0.478 e. The molecule has 1 heterocycles. The number of aromatic carboxylic acids is 1. The second-order valence-electron chi connectivity index (χ2n) is 5.73. The maximum Gasteiger partial charge on any atom is 0.337 e. The minimum Gasteiger partial charge on any atom is -0.478 e. The van der Waals surface area contributed by atoms with E-state index in [0.29, 0.717) is 5.69 Å². The van der Waals surface area contributed by atoms with Gasteiger partial charge in [-0.25, -0.2) is 9.48 Å². The Hall–Kier alpha value is -3.48. The van der Waals surface area contributed by atoms with Crippen LogP contribution in [0.15, 0.2) is 63.6 Å². The number of benzene rings is 2. The van der Waals surface area contributed by atoms with Crippen molar-refractivity contribution in [3.05, 3.63) is 75.7 Å². The number of aromatic nitrogens is 2. The number of nitrogens with zero attached hydrogens (tertiary/aromatic N) is 3. The first-order valence-corrected chi connectivity index (χ1v) is 8.17. The average Bonchev–Trinajstić information content (AvgIpc) is 2.93. The lowest BCUT2D eigenvalue weighted by Gasteiger charge is -2.06. The van der Waals surface area contributed by atoms with E-state index in [0.717, 1.165) is 17.7 Å². The molecule has 0 bridgehead atoms. The fraction of sp³-hybridized carbons (Fsp3) is 0.158. The number of aryl methyl sites for hydroxylation is 2. The van der Waals surface area contributed by atoms with Crippen LogP contribution in [-0.4, -0.2) is 20.9 Å². The second-order valence-corrected chi connectivity index (χ2v) is 5.73. The van der Waals surface area contributed by atoms with E-state index in [9.17, 15) is 14.7 Å². The summed E-state index contributed by atoms with van der Waals surface area (Å²) in [5.74, 6) is -1.10. The van der Waals surface area contributed by atoms with Gasteiger partial charge in [-0.3, -0.25) is 9.89 Å². The van der Waals surface area contributed by atoms with Gasteiger partial charge < -0.3 is 5.11 Å². The third-order valence-corrected chi connectivity index (χ3v) is 4.05. The lowest BCUT2D eigenvalue weighted by Crippen LogP contribution is -2.15. The number of carboxylic acid groups (broad SMARTS) is 1. The van der Waals surface area contributed by atoms with Crippen molar-refractivity contribution < 1.29 is 9.90 Å². The number of azo groups is 1. The molecule has 0 saturated heterocycles. The van der Waals surface area contributed by atoms with E-state index in [2.05, 4.69) is 15.3 Å². The molecule has 1 aromatic heterocycles. The first-order chi connectivity index (χ1) is 12.5. The molecule has 2 N–H and O–H groups in total. The van der Waals surface area contributed by atoms with Gasteiger partial charge >= 0.3 is 5.97 Å². The lowest BCUT2D eigenvalue weighted by molar-refractivity contribution is 0.0697. The summed E-state index contributed by atoms with van der Waals surface area (Å²) in [4.78, 5) is 24.0. The van der Waals surface area contributed by atoms with Gasteiger partial charge in [-0.05, 0) is 37.1 Å². The molecule has 0 unspecified atom stereocenters. The van der Waals surface area contributed by atoms with E-state index in [4.69, 9.17) is 0 Å². The Balaban J connectivity index is 2.05. The van der Waals surface area contributed by atoms with Crippen LogP contribution < -0.4 is 5.56 Å². The van der Waals surface area contributed by atoms with Crippen molar-refractivity contribution in [2.45, 2.75) is 20.3 Å². The van der Waals surface area contributed by atoms with Crippen molar-refractivity contribution in [3.63, 3.8) is 0 Å². The molecule has 26 heavy (non-hydrogen) atoms. The highest BCUT2D eigenvalue weighted by Gasteiger charge is 2.15. The Labute approximate surface area is 149 Å². The lowest BCUT2D eigenvalue weighted by atomic mass is 10.1. The predicted octanol–water partition coefficient (Wildman–Crippen LogP) is 4.15. The molecule has 2 aromatic carbocycles. The number of hydrogen-bond donors (Lipinski definition) is 2. The molecule has 0 atom stereocenters. The van der Waals surface area contributed by atoms with Gasteiger partial charge in [0.25, 0.3) is 5.56 Å². The van der Waals surface area contributed by atoms with Gasteiger partial charge in [0, 0.05) is 0 Å². The van der Waals surface area contributed by atoms with Crippen molar-refractivity contribution in [1.29, 1.82) is 0 Å². The van der Waals surface area contributed by atoms with Crippen LogP contribution in [-0.2, 0) is 6.42 Å². The highest BCUT2D eigenvalue weighted by atomic mass is 16.4. The summed E-state index contributed by atoms with van der Waals surface area (Å²) in [5.41, 5.74) is 2.38. The van der Waals surface area contributed by atoms with Crippen molar-refractivity contribution in [3.8, 4) is 5.69 Å². The second kappa shape index (κ2) is 7.18. The minimum absolute atomic E-state index is 0.0288. The molecular formula is C19H18N4O3. The van der Waals surface area contributed by atoms with Crippen LogP contribution in [0.3, 0.4) is 0 Å². The van der Waals surface area contributed by atoms with Crippen molar-refractivity contribution in [2.75, 3.05) is 0 Å². The number of carboxylic acids is 1. The number of hydrogen-bond acceptors (Lipinski definition) is 4. The summed E-state index contributed by atoms with van der Waals surface area (Å²) in [6.07, 6.45) is 0.781. The third-order valence-electron chi connectivity index (χ3n) is 4.05. The van der Waals surface area contributed by atoms with Gasteiger partial charge in [0.1, 0.15) is 5.69 Å². The van der Waals surface area contributed by atoms with Gasteiger partial charge in [-0.15, -0.1) is 10.2 Å². The van der Waals surface area contributed by atoms with E-state index in [1.54, 1.807) is 25.1 Å². The SMILES string of the molecule is CCc1ccccc1-n1[nH]c(C)c(N=Nc2ccccc2C(=O)O)c1=O. The van der Waals surface area contributed by atoms with Crippen LogP contribution in [0.4, 0.5) is 11.4 Å². The topological polar surface area (TPSA) is 99.8 Å². The first kappa shape index (κ1) is 17.3. The Morgan fingerprint density at radius 3 is 2.54 bits per heavy atom. The summed E-state index contributed by atoms with van der Waals surface area (Å²) in [6.45, 7) is 3.74. The monoisotopic (exact) mass is 350 g/mol. The van der Waals surface area contributed by atoms with Crippen LogP contribution >= 0.6 is 0 Å². The smallest absolute Gasteiger partial charge is 0.337 e. The Kier molecular flexibility index (Phi) is 4.79. The first-order valence-electron chi connectivity index (χ1n) is 8.17. The van der Waals surface area contributed by atoms with Crippen molar-refractivity contribution in [1.82, 2.24) is 9.78 Å². The highest BCUT2D eigenvalue weighted by Crippen LogP contribution is 2.23. The van der Waals surface area contributed by atoms with Crippen LogP contribution in [0.1, 0.15) is 28.5 Å². The molecule has 7 heteroatoms. The van der Waals surface area contributed by atoms with E-state index < -0.39 is 5.97 Å². The quantitative estimate of drug-likeness (QED) is 0.676.